The number of carbonyl (C=O) groups excluding carboxylic acids is 1. The summed E-state index contributed by atoms with van der Waals surface area (Å²) in [5.41, 5.74) is 5.31. The molecule has 0 radical (unpaired) electrons. The highest BCUT2D eigenvalue weighted by Crippen LogP contribution is 2.25. The second kappa shape index (κ2) is 8.83. The van der Waals surface area contributed by atoms with Gasteiger partial charge in [0.05, 0.1) is 11.4 Å². The molecular weight excluding hydrogens is 400 g/mol. The first-order chi connectivity index (χ1) is 15.4. The van der Waals surface area contributed by atoms with E-state index in [1.807, 2.05) is 75.4 Å². The van der Waals surface area contributed by atoms with Crippen molar-refractivity contribution in [2.45, 2.75) is 40.3 Å². The molecule has 0 atom stereocenters. The van der Waals surface area contributed by atoms with Gasteiger partial charge in [0.2, 0.25) is 5.91 Å². The van der Waals surface area contributed by atoms with Crippen molar-refractivity contribution in [2.75, 3.05) is 7.05 Å². The summed E-state index contributed by atoms with van der Waals surface area (Å²) in [5.74, 6) is -0.129. The van der Waals surface area contributed by atoms with Crippen molar-refractivity contribution in [1.82, 2.24) is 19.2 Å². The van der Waals surface area contributed by atoms with Crippen LogP contribution >= 0.6 is 0 Å². The van der Waals surface area contributed by atoms with Crippen LogP contribution in [0.1, 0.15) is 29.3 Å². The average Bonchev–Trinajstić information content (AvgIpc) is 3.13. The fourth-order valence-corrected chi connectivity index (χ4v) is 4.04. The minimum Gasteiger partial charge on any atom is -0.340 e. The summed E-state index contributed by atoms with van der Waals surface area (Å²) in [7, 11) is 1.76. The maximum absolute atomic E-state index is 13.1. The van der Waals surface area contributed by atoms with Crippen LogP contribution in [0.4, 0.5) is 0 Å². The maximum Gasteiger partial charge on any atom is 0.252 e. The number of hydrogen-bond acceptors (Lipinski definition) is 3. The summed E-state index contributed by atoms with van der Waals surface area (Å²) < 4.78 is 3.34. The van der Waals surface area contributed by atoms with Crippen LogP contribution in [0.3, 0.4) is 0 Å². The molecule has 0 saturated heterocycles. The van der Waals surface area contributed by atoms with Crippen LogP contribution in [0.25, 0.3) is 16.7 Å². The van der Waals surface area contributed by atoms with E-state index < -0.39 is 0 Å². The lowest BCUT2D eigenvalue weighted by Gasteiger charge is -2.19. The Hall–Kier alpha value is -3.67. The maximum atomic E-state index is 13.1. The van der Waals surface area contributed by atoms with E-state index in [9.17, 15) is 9.59 Å². The molecule has 0 aliphatic heterocycles. The van der Waals surface area contributed by atoms with Crippen molar-refractivity contribution in [3.63, 3.8) is 0 Å². The summed E-state index contributed by atoms with van der Waals surface area (Å²) in [5, 5.41) is 5.69. The number of amides is 1. The van der Waals surface area contributed by atoms with Crippen molar-refractivity contribution in [1.29, 1.82) is 0 Å². The molecule has 6 heteroatoms. The second-order valence-electron chi connectivity index (χ2n) is 8.21. The first kappa shape index (κ1) is 21.6. The number of benzene rings is 2. The Kier molecular flexibility index (Phi) is 5.95. The fraction of sp³-hybridized carbons (Fsp3) is 0.269. The van der Waals surface area contributed by atoms with E-state index in [4.69, 9.17) is 5.10 Å². The minimum absolute atomic E-state index is 0.0420. The number of pyridine rings is 1. The molecule has 0 bridgehead atoms. The molecule has 6 nitrogen and oxygen atoms in total. The SMILES string of the molecule is CCc1cc(=O)n(CC(=O)N(C)Cc2ccccc2)c2c1c(C)nn2-c1ccc(C)cc1. The Morgan fingerprint density at radius 1 is 1.03 bits per heavy atom. The predicted octanol–water partition coefficient (Wildman–Crippen LogP) is 4.03. The first-order valence-electron chi connectivity index (χ1n) is 10.9. The van der Waals surface area contributed by atoms with Crippen LogP contribution < -0.4 is 5.56 Å². The van der Waals surface area contributed by atoms with Crippen molar-refractivity contribution in [3.05, 3.63) is 93.4 Å². The van der Waals surface area contributed by atoms with Crippen molar-refractivity contribution >= 4 is 16.9 Å². The Labute approximate surface area is 187 Å². The molecule has 0 N–H and O–H groups in total. The van der Waals surface area contributed by atoms with E-state index >= 15 is 0 Å². The number of hydrogen-bond donors (Lipinski definition) is 0. The molecule has 2 aromatic heterocycles. The highest BCUT2D eigenvalue weighted by atomic mass is 16.2. The molecule has 4 aromatic rings. The number of aromatic nitrogens is 3. The topological polar surface area (TPSA) is 60.1 Å². The van der Waals surface area contributed by atoms with E-state index in [1.54, 1.807) is 27.3 Å². The number of aryl methyl sites for hydroxylation is 3. The predicted molar refractivity (Wildman–Crippen MR) is 127 cm³/mol. The van der Waals surface area contributed by atoms with Gasteiger partial charge in [-0.05, 0) is 43.5 Å². The largest absolute Gasteiger partial charge is 0.340 e. The van der Waals surface area contributed by atoms with Crippen LogP contribution in [-0.4, -0.2) is 32.2 Å². The van der Waals surface area contributed by atoms with Gasteiger partial charge >= 0.3 is 0 Å². The molecule has 2 heterocycles. The van der Waals surface area contributed by atoms with Crippen molar-refractivity contribution in [3.8, 4) is 5.69 Å². The Morgan fingerprint density at radius 2 is 1.72 bits per heavy atom. The van der Waals surface area contributed by atoms with Crippen LogP contribution in [0.5, 0.6) is 0 Å². The highest BCUT2D eigenvalue weighted by Gasteiger charge is 2.20. The number of fused-ring (bicyclic) bond motifs is 1. The molecule has 0 unspecified atom stereocenters. The van der Waals surface area contributed by atoms with Gasteiger partial charge in [-0.25, -0.2) is 4.68 Å². The summed E-state index contributed by atoms with van der Waals surface area (Å²) >= 11 is 0. The van der Waals surface area contributed by atoms with Gasteiger partial charge in [-0.3, -0.25) is 14.2 Å². The first-order valence-corrected chi connectivity index (χ1v) is 10.9. The monoisotopic (exact) mass is 428 g/mol. The van der Waals surface area contributed by atoms with Gasteiger partial charge < -0.3 is 4.90 Å². The summed E-state index contributed by atoms with van der Waals surface area (Å²) in [6, 6.07) is 19.5. The number of likely N-dealkylation sites (N-methyl/N-ethyl adjacent to an activating group) is 1. The number of carbonyl (C=O) groups is 1. The van der Waals surface area contributed by atoms with Gasteiger partial charge in [0.25, 0.3) is 5.56 Å². The molecule has 4 rings (SSSR count). The standard InChI is InChI=1S/C26H28N4O2/c1-5-21-15-23(31)29(17-24(32)28(4)16-20-9-7-6-8-10-20)26-25(21)19(3)27-30(26)22-13-11-18(2)12-14-22/h6-15H,5,16-17H2,1-4H3. The molecule has 0 saturated carbocycles. The minimum atomic E-state index is -0.191. The summed E-state index contributed by atoms with van der Waals surface area (Å²) in [6.07, 6.45) is 0.717. The van der Waals surface area contributed by atoms with E-state index in [2.05, 4.69) is 0 Å². The highest BCUT2D eigenvalue weighted by molar-refractivity contribution is 5.85. The van der Waals surface area contributed by atoms with Gasteiger partial charge in [0.1, 0.15) is 12.2 Å². The summed E-state index contributed by atoms with van der Waals surface area (Å²) in [6.45, 7) is 6.45. The van der Waals surface area contributed by atoms with Gasteiger partial charge in [-0.15, -0.1) is 0 Å². The average molecular weight is 429 g/mol. The van der Waals surface area contributed by atoms with Gasteiger partial charge in [0, 0.05) is 25.0 Å². The van der Waals surface area contributed by atoms with Crippen molar-refractivity contribution in [2.24, 2.45) is 0 Å². The molecule has 1 amide bonds. The zero-order chi connectivity index (χ0) is 22.8. The number of nitrogens with zero attached hydrogens (tertiary/aromatic N) is 4. The van der Waals surface area contributed by atoms with Gasteiger partial charge in [0.15, 0.2) is 0 Å². The van der Waals surface area contributed by atoms with Crippen LogP contribution in [-0.2, 0) is 24.3 Å². The van der Waals surface area contributed by atoms with Gasteiger partial charge in [-0.1, -0.05) is 55.0 Å². The lowest BCUT2D eigenvalue weighted by atomic mass is 10.1. The third kappa shape index (κ3) is 4.08. The molecule has 0 aliphatic carbocycles. The molecule has 164 valence electrons. The lowest BCUT2D eigenvalue weighted by Crippen LogP contribution is -2.34. The second-order valence-corrected chi connectivity index (χ2v) is 8.21. The Balaban J connectivity index is 1.80. The van der Waals surface area contributed by atoms with Crippen LogP contribution in [0.15, 0.2) is 65.5 Å². The smallest absolute Gasteiger partial charge is 0.252 e. The molecule has 32 heavy (non-hydrogen) atoms. The Bertz CT molecular complexity index is 1320. The number of rotatable bonds is 6. The zero-order valence-corrected chi connectivity index (χ0v) is 19.0. The molecule has 2 aromatic carbocycles. The quantitative estimate of drug-likeness (QED) is 0.466. The molecule has 0 spiro atoms. The van der Waals surface area contributed by atoms with Crippen molar-refractivity contribution < 1.29 is 4.79 Å². The normalized spacial score (nSPS) is 11.1. The molecular formula is C26H28N4O2. The van der Waals surface area contributed by atoms with Gasteiger partial charge in [-0.2, -0.15) is 5.10 Å². The van der Waals surface area contributed by atoms with Crippen LogP contribution in [0, 0.1) is 13.8 Å². The summed E-state index contributed by atoms with van der Waals surface area (Å²) in [4.78, 5) is 27.9. The fourth-order valence-electron chi connectivity index (χ4n) is 4.04. The third-order valence-electron chi connectivity index (χ3n) is 5.82. The van der Waals surface area contributed by atoms with Crippen LogP contribution in [0.2, 0.25) is 0 Å². The van der Waals surface area contributed by atoms with E-state index in [1.165, 1.54) is 0 Å². The third-order valence-corrected chi connectivity index (χ3v) is 5.82. The van der Waals surface area contributed by atoms with E-state index in [0.717, 1.165) is 39.9 Å². The molecule has 0 aliphatic rings. The molecule has 0 fully saturated rings. The lowest BCUT2D eigenvalue weighted by molar-refractivity contribution is -0.131. The van der Waals surface area contributed by atoms with E-state index in [0.29, 0.717) is 12.2 Å². The Morgan fingerprint density at radius 3 is 2.38 bits per heavy atom. The zero-order valence-electron chi connectivity index (χ0n) is 19.0. The van der Waals surface area contributed by atoms with E-state index in [-0.39, 0.29) is 18.0 Å².